The van der Waals surface area contributed by atoms with Gasteiger partial charge in [-0.05, 0) is 22.6 Å². The molecular weight excluding hydrogens is 286 g/mol. The van der Waals surface area contributed by atoms with E-state index < -0.39 is 6.09 Å². The van der Waals surface area contributed by atoms with Crippen molar-refractivity contribution in [2.45, 2.75) is 26.4 Å². The van der Waals surface area contributed by atoms with Crippen molar-refractivity contribution in [1.82, 2.24) is 5.32 Å². The van der Waals surface area contributed by atoms with Crippen LogP contribution in [-0.2, 0) is 11.3 Å². The predicted octanol–water partition coefficient (Wildman–Crippen LogP) is 4.75. The maximum atomic E-state index is 11.6. The van der Waals surface area contributed by atoms with Crippen molar-refractivity contribution in [2.75, 3.05) is 6.54 Å². The summed E-state index contributed by atoms with van der Waals surface area (Å²) in [6, 6.07) is 17.9. The minimum atomic E-state index is -0.407. The lowest BCUT2D eigenvalue weighted by Crippen LogP contribution is -2.24. The standard InChI is InChI=1S/C20H23NO2/c1-16(2)19-13-7-6-11-18(19)12-8-14-21-20(22)23-15-17-9-4-3-5-10-17/h3-13,16H,14-15H2,1-2H3,(H,21,22). The Hall–Kier alpha value is -2.55. The van der Waals surface area contributed by atoms with E-state index in [2.05, 4.69) is 31.3 Å². The lowest BCUT2D eigenvalue weighted by Gasteiger charge is -2.09. The fourth-order valence-corrected chi connectivity index (χ4v) is 2.29. The van der Waals surface area contributed by atoms with Crippen molar-refractivity contribution in [2.24, 2.45) is 0 Å². The second kappa shape index (κ2) is 8.79. The normalized spacial score (nSPS) is 10.9. The molecule has 0 saturated carbocycles. The van der Waals surface area contributed by atoms with Crippen LogP contribution in [0.5, 0.6) is 0 Å². The SMILES string of the molecule is CC(C)c1ccccc1C=CCNC(=O)OCc1ccccc1. The largest absolute Gasteiger partial charge is 0.445 e. The van der Waals surface area contributed by atoms with Crippen LogP contribution in [0.25, 0.3) is 6.08 Å². The molecule has 0 spiro atoms. The third-order valence-electron chi connectivity index (χ3n) is 3.49. The number of ether oxygens (including phenoxy) is 1. The first-order chi connectivity index (χ1) is 11.2. The molecule has 1 N–H and O–H groups in total. The van der Waals surface area contributed by atoms with Crippen LogP contribution in [-0.4, -0.2) is 12.6 Å². The van der Waals surface area contributed by atoms with Gasteiger partial charge in [0.05, 0.1) is 0 Å². The first-order valence-electron chi connectivity index (χ1n) is 7.87. The van der Waals surface area contributed by atoms with Crippen molar-refractivity contribution in [3.05, 3.63) is 77.4 Å². The summed E-state index contributed by atoms with van der Waals surface area (Å²) in [6.07, 6.45) is 3.56. The lowest BCUT2D eigenvalue weighted by molar-refractivity contribution is 0.141. The van der Waals surface area contributed by atoms with Gasteiger partial charge >= 0.3 is 6.09 Å². The van der Waals surface area contributed by atoms with Gasteiger partial charge in [0.25, 0.3) is 0 Å². The minimum Gasteiger partial charge on any atom is -0.445 e. The van der Waals surface area contributed by atoms with Crippen LogP contribution in [0.2, 0.25) is 0 Å². The molecule has 0 unspecified atom stereocenters. The molecule has 3 heteroatoms. The highest BCUT2D eigenvalue weighted by atomic mass is 16.5. The maximum Gasteiger partial charge on any atom is 0.407 e. The third-order valence-corrected chi connectivity index (χ3v) is 3.49. The number of hydrogen-bond donors (Lipinski definition) is 1. The molecule has 0 aliphatic rings. The van der Waals surface area contributed by atoms with Gasteiger partial charge in [-0.2, -0.15) is 0 Å². The number of alkyl carbamates (subject to hydrolysis) is 1. The van der Waals surface area contributed by atoms with Gasteiger partial charge in [-0.1, -0.05) is 80.6 Å². The molecule has 0 aliphatic heterocycles. The van der Waals surface area contributed by atoms with Crippen LogP contribution in [0, 0.1) is 0 Å². The van der Waals surface area contributed by atoms with Crippen molar-refractivity contribution < 1.29 is 9.53 Å². The summed E-state index contributed by atoms with van der Waals surface area (Å²) in [7, 11) is 0. The van der Waals surface area contributed by atoms with Crippen LogP contribution < -0.4 is 5.32 Å². The van der Waals surface area contributed by atoms with E-state index in [1.54, 1.807) is 0 Å². The topological polar surface area (TPSA) is 38.3 Å². The summed E-state index contributed by atoms with van der Waals surface area (Å²) in [5, 5.41) is 2.72. The first kappa shape index (κ1) is 16.8. The number of rotatable bonds is 6. The Morgan fingerprint density at radius 1 is 1.09 bits per heavy atom. The Morgan fingerprint density at radius 3 is 2.52 bits per heavy atom. The summed E-state index contributed by atoms with van der Waals surface area (Å²) in [5.74, 6) is 0.472. The zero-order valence-electron chi connectivity index (χ0n) is 13.7. The Bertz CT molecular complexity index is 648. The Labute approximate surface area is 138 Å². The Kier molecular flexibility index (Phi) is 6.42. The summed E-state index contributed by atoms with van der Waals surface area (Å²) in [6.45, 7) is 5.07. The molecule has 0 aromatic heterocycles. The summed E-state index contributed by atoms with van der Waals surface area (Å²) in [4.78, 5) is 11.6. The van der Waals surface area contributed by atoms with Crippen molar-refractivity contribution >= 4 is 12.2 Å². The van der Waals surface area contributed by atoms with E-state index in [0.29, 0.717) is 12.5 Å². The molecule has 2 aromatic rings. The molecule has 0 saturated heterocycles. The zero-order valence-corrected chi connectivity index (χ0v) is 13.7. The highest BCUT2D eigenvalue weighted by molar-refractivity contribution is 5.67. The van der Waals surface area contributed by atoms with E-state index in [0.717, 1.165) is 5.56 Å². The zero-order chi connectivity index (χ0) is 16.5. The molecule has 0 heterocycles. The highest BCUT2D eigenvalue weighted by Crippen LogP contribution is 2.20. The molecule has 0 bridgehead atoms. The van der Waals surface area contributed by atoms with E-state index >= 15 is 0 Å². The average Bonchev–Trinajstić information content (AvgIpc) is 2.58. The van der Waals surface area contributed by atoms with Gasteiger partial charge in [0, 0.05) is 6.54 Å². The summed E-state index contributed by atoms with van der Waals surface area (Å²) in [5.41, 5.74) is 3.46. The van der Waals surface area contributed by atoms with Crippen LogP contribution in [0.1, 0.15) is 36.5 Å². The molecule has 2 aromatic carbocycles. The highest BCUT2D eigenvalue weighted by Gasteiger charge is 2.03. The molecule has 0 atom stereocenters. The van der Waals surface area contributed by atoms with Crippen LogP contribution in [0.4, 0.5) is 4.79 Å². The fourth-order valence-electron chi connectivity index (χ4n) is 2.29. The monoisotopic (exact) mass is 309 g/mol. The molecule has 120 valence electrons. The molecule has 0 aliphatic carbocycles. The lowest BCUT2D eigenvalue weighted by atomic mass is 9.97. The quantitative estimate of drug-likeness (QED) is 0.836. The Morgan fingerprint density at radius 2 is 1.78 bits per heavy atom. The second-order valence-corrected chi connectivity index (χ2v) is 5.63. The van der Waals surface area contributed by atoms with Gasteiger partial charge in [-0.25, -0.2) is 4.79 Å². The Balaban J connectivity index is 1.77. The van der Waals surface area contributed by atoms with E-state index in [4.69, 9.17) is 4.74 Å². The number of carbonyl (C=O) groups excluding carboxylic acids is 1. The van der Waals surface area contributed by atoms with E-state index in [1.165, 1.54) is 11.1 Å². The van der Waals surface area contributed by atoms with Gasteiger partial charge in [-0.3, -0.25) is 0 Å². The van der Waals surface area contributed by atoms with Crippen LogP contribution >= 0.6 is 0 Å². The molecular formula is C20H23NO2. The number of nitrogens with one attached hydrogen (secondary N) is 1. The van der Waals surface area contributed by atoms with Gasteiger partial charge in [0.15, 0.2) is 0 Å². The molecule has 2 rings (SSSR count). The second-order valence-electron chi connectivity index (χ2n) is 5.63. The maximum absolute atomic E-state index is 11.6. The smallest absolute Gasteiger partial charge is 0.407 e. The number of benzene rings is 2. The van der Waals surface area contributed by atoms with E-state index in [-0.39, 0.29) is 6.61 Å². The van der Waals surface area contributed by atoms with Gasteiger partial charge in [0.2, 0.25) is 0 Å². The first-order valence-corrected chi connectivity index (χ1v) is 7.87. The van der Waals surface area contributed by atoms with Crippen LogP contribution in [0.15, 0.2) is 60.7 Å². The van der Waals surface area contributed by atoms with E-state index in [9.17, 15) is 4.79 Å². The predicted molar refractivity (Wildman–Crippen MR) is 94.2 cm³/mol. The van der Waals surface area contributed by atoms with Gasteiger partial charge in [-0.15, -0.1) is 0 Å². The average molecular weight is 309 g/mol. The molecule has 0 radical (unpaired) electrons. The molecule has 0 fully saturated rings. The molecule has 3 nitrogen and oxygen atoms in total. The summed E-state index contributed by atoms with van der Waals surface area (Å²) >= 11 is 0. The number of hydrogen-bond acceptors (Lipinski definition) is 2. The molecule has 23 heavy (non-hydrogen) atoms. The minimum absolute atomic E-state index is 0.284. The fraction of sp³-hybridized carbons (Fsp3) is 0.250. The van der Waals surface area contributed by atoms with Gasteiger partial charge in [0.1, 0.15) is 6.61 Å². The number of amides is 1. The number of carbonyl (C=O) groups is 1. The van der Waals surface area contributed by atoms with Crippen LogP contribution in [0.3, 0.4) is 0 Å². The molecule has 1 amide bonds. The van der Waals surface area contributed by atoms with Crippen molar-refractivity contribution in [3.63, 3.8) is 0 Å². The van der Waals surface area contributed by atoms with Gasteiger partial charge < -0.3 is 10.1 Å². The van der Waals surface area contributed by atoms with Crippen molar-refractivity contribution in [1.29, 1.82) is 0 Å². The third kappa shape index (κ3) is 5.62. The van der Waals surface area contributed by atoms with E-state index in [1.807, 2.05) is 54.6 Å². The summed E-state index contributed by atoms with van der Waals surface area (Å²) < 4.78 is 5.16. The van der Waals surface area contributed by atoms with Crippen molar-refractivity contribution in [3.8, 4) is 0 Å².